The fourth-order valence-electron chi connectivity index (χ4n) is 5.41. The van der Waals surface area contributed by atoms with Crippen LogP contribution in [0.5, 0.6) is 0 Å². The molecular weight excluding hydrogens is 497 g/mol. The van der Waals surface area contributed by atoms with Crippen molar-refractivity contribution in [3.63, 3.8) is 0 Å². The second-order valence-electron chi connectivity index (χ2n) is 11.0. The molecule has 3 saturated heterocycles. The number of rotatable bonds is 6. The van der Waals surface area contributed by atoms with E-state index in [9.17, 15) is 18.8 Å². The van der Waals surface area contributed by atoms with Crippen molar-refractivity contribution < 1.29 is 18.8 Å². The van der Waals surface area contributed by atoms with E-state index in [-0.39, 0.29) is 49.2 Å². The van der Waals surface area contributed by atoms with Gasteiger partial charge in [0.15, 0.2) is 0 Å². The first kappa shape index (κ1) is 27.2. The number of piperidine rings is 1. The Hall–Kier alpha value is -3.40. The van der Waals surface area contributed by atoms with Crippen molar-refractivity contribution >= 4 is 17.7 Å². The van der Waals surface area contributed by atoms with Crippen molar-refractivity contribution in [3.8, 4) is 23.7 Å². The number of halogens is 1. The first-order valence-electron chi connectivity index (χ1n) is 14.0. The summed E-state index contributed by atoms with van der Waals surface area (Å²) in [5, 5.41) is 12.1. The second-order valence-corrected chi connectivity index (χ2v) is 11.0. The zero-order chi connectivity index (χ0) is 27.2. The van der Waals surface area contributed by atoms with Gasteiger partial charge in [-0.05, 0) is 74.7 Å². The summed E-state index contributed by atoms with van der Waals surface area (Å²) in [4.78, 5) is 41.1. The molecule has 1 saturated carbocycles. The number of alkyl halides is 1. The molecular formula is C30H36FN5O3. The monoisotopic (exact) mass is 533 g/mol. The van der Waals surface area contributed by atoms with Gasteiger partial charge >= 0.3 is 0 Å². The van der Waals surface area contributed by atoms with Gasteiger partial charge in [0.25, 0.3) is 0 Å². The van der Waals surface area contributed by atoms with Crippen molar-refractivity contribution in [2.75, 3.05) is 26.2 Å². The van der Waals surface area contributed by atoms with E-state index in [2.05, 4.69) is 44.9 Å². The van der Waals surface area contributed by atoms with Gasteiger partial charge in [-0.1, -0.05) is 24.0 Å². The molecule has 4 aliphatic rings. The summed E-state index contributed by atoms with van der Waals surface area (Å²) < 4.78 is 13.6. The Morgan fingerprint density at radius 3 is 2.46 bits per heavy atom. The number of hydrogen-bond donors (Lipinski definition) is 4. The van der Waals surface area contributed by atoms with E-state index in [1.807, 2.05) is 24.3 Å². The predicted molar refractivity (Wildman–Crippen MR) is 145 cm³/mol. The predicted octanol–water partition coefficient (Wildman–Crippen LogP) is 0.853. The molecule has 0 unspecified atom stereocenters. The lowest BCUT2D eigenvalue weighted by atomic mass is 9.96. The maximum atomic E-state index is 13.6. The molecule has 1 aromatic carbocycles. The molecule has 3 aliphatic heterocycles. The van der Waals surface area contributed by atoms with Gasteiger partial charge in [0, 0.05) is 49.5 Å². The van der Waals surface area contributed by atoms with Crippen LogP contribution in [0.1, 0.15) is 49.7 Å². The molecule has 1 aromatic rings. The number of nitrogens with one attached hydrogen (secondary N) is 4. The Bertz CT molecular complexity index is 1190. The zero-order valence-corrected chi connectivity index (χ0v) is 22.1. The van der Waals surface area contributed by atoms with Crippen molar-refractivity contribution in [3.05, 3.63) is 35.4 Å². The SMILES string of the molecule is O=C(N[C@@H]1C[C@H](C(=O)NCc2ccc(C#CC#CC3CC3)cc2)N(C(=O)C2CCNCC2)C1)[C@@H]1C[C@H](F)CN1. The fourth-order valence-corrected chi connectivity index (χ4v) is 5.41. The molecule has 4 fully saturated rings. The molecule has 0 bridgehead atoms. The van der Waals surface area contributed by atoms with Gasteiger partial charge in [0.1, 0.15) is 12.2 Å². The van der Waals surface area contributed by atoms with Crippen molar-refractivity contribution in [2.24, 2.45) is 11.8 Å². The van der Waals surface area contributed by atoms with Crippen LogP contribution in [-0.4, -0.2) is 73.1 Å². The van der Waals surface area contributed by atoms with Gasteiger partial charge in [-0.15, -0.1) is 0 Å². The number of carbonyl (C=O) groups excluding carboxylic acids is 3. The molecule has 206 valence electrons. The number of nitrogens with zero attached hydrogens (tertiary/aromatic N) is 1. The maximum Gasteiger partial charge on any atom is 0.243 e. The van der Waals surface area contributed by atoms with Gasteiger partial charge in [-0.2, -0.15) is 0 Å². The van der Waals surface area contributed by atoms with E-state index in [1.165, 1.54) is 12.8 Å². The summed E-state index contributed by atoms with van der Waals surface area (Å²) in [5.41, 5.74) is 1.78. The minimum absolute atomic E-state index is 0.0380. The van der Waals surface area contributed by atoms with Crippen LogP contribution in [0.15, 0.2) is 24.3 Å². The van der Waals surface area contributed by atoms with Crippen molar-refractivity contribution in [1.29, 1.82) is 0 Å². The molecule has 0 aromatic heterocycles. The minimum Gasteiger partial charge on any atom is -0.350 e. The third kappa shape index (κ3) is 7.38. The average Bonchev–Trinajstić information content (AvgIpc) is 3.53. The molecule has 0 spiro atoms. The molecule has 4 N–H and O–H groups in total. The first-order chi connectivity index (χ1) is 19.0. The minimum atomic E-state index is -1.04. The summed E-state index contributed by atoms with van der Waals surface area (Å²) in [7, 11) is 0. The van der Waals surface area contributed by atoms with Gasteiger partial charge < -0.3 is 26.2 Å². The summed E-state index contributed by atoms with van der Waals surface area (Å²) >= 11 is 0. The van der Waals surface area contributed by atoms with E-state index in [1.54, 1.807) is 4.90 Å². The molecule has 3 heterocycles. The summed E-state index contributed by atoms with van der Waals surface area (Å²) in [6, 6.07) is 6.03. The number of amides is 3. The highest BCUT2D eigenvalue weighted by molar-refractivity contribution is 5.90. The third-order valence-corrected chi connectivity index (χ3v) is 7.86. The Labute approximate surface area is 229 Å². The van der Waals surface area contributed by atoms with E-state index in [0.717, 1.165) is 37.1 Å². The summed E-state index contributed by atoms with van der Waals surface area (Å²) in [5.74, 6) is 11.8. The second kappa shape index (κ2) is 12.6. The van der Waals surface area contributed by atoms with E-state index in [4.69, 9.17) is 0 Å². The number of carbonyl (C=O) groups is 3. The fraction of sp³-hybridized carbons (Fsp3) is 0.567. The van der Waals surface area contributed by atoms with E-state index in [0.29, 0.717) is 18.9 Å². The average molecular weight is 534 g/mol. The Balaban J connectivity index is 1.19. The van der Waals surface area contributed by atoms with Crippen LogP contribution in [0.2, 0.25) is 0 Å². The highest BCUT2D eigenvalue weighted by Crippen LogP contribution is 2.27. The smallest absolute Gasteiger partial charge is 0.243 e. The lowest BCUT2D eigenvalue weighted by Crippen LogP contribution is -2.49. The highest BCUT2D eigenvalue weighted by Gasteiger charge is 2.43. The molecule has 4 atom stereocenters. The summed E-state index contributed by atoms with van der Waals surface area (Å²) in [6.07, 6.45) is 3.23. The van der Waals surface area contributed by atoms with Crippen LogP contribution >= 0.6 is 0 Å². The third-order valence-electron chi connectivity index (χ3n) is 7.86. The zero-order valence-electron chi connectivity index (χ0n) is 22.1. The number of likely N-dealkylation sites (tertiary alicyclic amines) is 1. The maximum absolute atomic E-state index is 13.6. The van der Waals surface area contributed by atoms with Gasteiger partial charge in [0.05, 0.1) is 6.04 Å². The van der Waals surface area contributed by atoms with Crippen LogP contribution in [0.4, 0.5) is 4.39 Å². The number of benzene rings is 1. The van der Waals surface area contributed by atoms with Crippen molar-refractivity contribution in [2.45, 2.75) is 69.4 Å². The molecule has 0 radical (unpaired) electrons. The van der Waals surface area contributed by atoms with Crippen LogP contribution in [0, 0.1) is 35.5 Å². The van der Waals surface area contributed by atoms with Crippen molar-refractivity contribution in [1.82, 2.24) is 26.2 Å². The molecule has 5 rings (SSSR count). The highest BCUT2D eigenvalue weighted by atomic mass is 19.1. The lowest BCUT2D eigenvalue weighted by Gasteiger charge is -2.30. The molecule has 3 amide bonds. The van der Waals surface area contributed by atoms with Gasteiger partial charge in [-0.25, -0.2) is 4.39 Å². The van der Waals surface area contributed by atoms with E-state index < -0.39 is 18.3 Å². The van der Waals surface area contributed by atoms with Gasteiger partial charge in [-0.3, -0.25) is 14.4 Å². The molecule has 9 heteroatoms. The molecule has 8 nitrogen and oxygen atoms in total. The normalized spacial score (nSPS) is 26.6. The van der Waals surface area contributed by atoms with Crippen LogP contribution < -0.4 is 21.3 Å². The van der Waals surface area contributed by atoms with E-state index >= 15 is 0 Å². The number of hydrogen-bond acceptors (Lipinski definition) is 5. The van der Waals surface area contributed by atoms with Gasteiger partial charge in [0.2, 0.25) is 17.7 Å². The van der Waals surface area contributed by atoms with Crippen LogP contribution in [0.25, 0.3) is 0 Å². The Morgan fingerprint density at radius 2 is 1.77 bits per heavy atom. The van der Waals surface area contributed by atoms with Crippen LogP contribution in [0.3, 0.4) is 0 Å². The summed E-state index contributed by atoms with van der Waals surface area (Å²) in [6.45, 7) is 2.30. The van der Waals surface area contributed by atoms with Crippen LogP contribution in [-0.2, 0) is 20.9 Å². The Kier molecular flexibility index (Phi) is 8.81. The quantitative estimate of drug-likeness (QED) is 0.406. The first-order valence-corrected chi connectivity index (χ1v) is 14.0. The topological polar surface area (TPSA) is 103 Å². The standard InChI is InChI=1S/C30H36FN5O3/c31-24-15-26(33-18-24)28(37)35-25-16-27(36(19-25)30(39)23-11-13-32-14-12-23)29(38)34-17-22-9-7-21(8-10-22)4-2-1-3-20-5-6-20/h7-10,20,23-27,32-33H,5-6,11-19H2,(H,34,38)(H,35,37)/t24-,25+,26-,27+/m0/s1. The lowest BCUT2D eigenvalue weighted by molar-refractivity contribution is -0.142. The molecule has 1 aliphatic carbocycles. The largest absolute Gasteiger partial charge is 0.350 e. The Morgan fingerprint density at radius 1 is 1.00 bits per heavy atom. The molecule has 39 heavy (non-hydrogen) atoms.